The van der Waals surface area contributed by atoms with E-state index in [4.69, 9.17) is 5.11 Å². The number of anilines is 1. The first-order valence-corrected chi connectivity index (χ1v) is 13.4. The summed E-state index contributed by atoms with van der Waals surface area (Å²) in [4.78, 5) is 33.0. The van der Waals surface area contributed by atoms with Crippen LogP contribution in [0.5, 0.6) is 0 Å². The van der Waals surface area contributed by atoms with Crippen LogP contribution in [0.15, 0.2) is 52.7 Å². The third-order valence-electron chi connectivity index (χ3n) is 6.47. The summed E-state index contributed by atoms with van der Waals surface area (Å²) < 4.78 is 58.5. The van der Waals surface area contributed by atoms with E-state index in [0.29, 0.717) is 55.3 Å². The third kappa shape index (κ3) is 5.81. The minimum atomic E-state index is -4.70. The summed E-state index contributed by atoms with van der Waals surface area (Å²) in [6.45, 7) is 7.04. The Balaban J connectivity index is 0.00000112. The third-order valence-corrected chi connectivity index (χ3v) is 7.65. The molecule has 2 aromatic carbocycles. The molecule has 7 nitrogen and oxygen atoms in total. The molecule has 0 aliphatic carbocycles. The van der Waals surface area contributed by atoms with Crippen molar-refractivity contribution in [1.29, 1.82) is 0 Å². The molecule has 0 atom stereocenters. The van der Waals surface area contributed by atoms with E-state index in [1.54, 1.807) is 16.7 Å². The van der Waals surface area contributed by atoms with Gasteiger partial charge in [-0.15, -0.1) is 11.8 Å². The van der Waals surface area contributed by atoms with Crippen molar-refractivity contribution in [2.45, 2.75) is 31.0 Å². The van der Waals surface area contributed by atoms with Gasteiger partial charge in [0.25, 0.3) is 0 Å². The van der Waals surface area contributed by atoms with Gasteiger partial charge in [0, 0.05) is 55.2 Å². The molecule has 5 rings (SSSR count). The summed E-state index contributed by atoms with van der Waals surface area (Å²) in [5.41, 5.74) is -0.822. The van der Waals surface area contributed by atoms with E-state index < -0.39 is 23.2 Å². The number of alkyl halides is 3. The number of nitrogens with zero attached hydrogens (tertiary/aromatic N) is 4. The van der Waals surface area contributed by atoms with Crippen molar-refractivity contribution >= 4 is 34.4 Å². The molecule has 39 heavy (non-hydrogen) atoms. The van der Waals surface area contributed by atoms with Crippen LogP contribution in [0.2, 0.25) is 0 Å². The van der Waals surface area contributed by atoms with Gasteiger partial charge in [-0.05, 0) is 48.9 Å². The van der Waals surface area contributed by atoms with E-state index in [0.717, 1.165) is 18.2 Å². The largest absolute Gasteiger partial charge is 0.417 e. The van der Waals surface area contributed by atoms with Crippen LogP contribution in [0.4, 0.5) is 23.4 Å². The fraction of sp³-hybridized carbons (Fsp3) is 0.370. The number of hydrogen-bond acceptors (Lipinski definition) is 6. The molecule has 208 valence electrons. The number of carbonyl (C=O) groups excluding carboxylic acids is 1. The van der Waals surface area contributed by atoms with Crippen LogP contribution in [-0.2, 0) is 17.5 Å². The number of aliphatic hydroxyl groups is 1. The Morgan fingerprint density at radius 3 is 2.38 bits per heavy atom. The highest BCUT2D eigenvalue weighted by atomic mass is 32.2. The molecule has 1 saturated heterocycles. The van der Waals surface area contributed by atoms with Crippen LogP contribution in [0, 0.1) is 5.82 Å². The van der Waals surface area contributed by atoms with Gasteiger partial charge in [-0.3, -0.25) is 9.36 Å². The van der Waals surface area contributed by atoms with Gasteiger partial charge < -0.3 is 14.9 Å². The normalized spacial score (nSPS) is 15.4. The van der Waals surface area contributed by atoms with Crippen molar-refractivity contribution < 1.29 is 27.5 Å². The van der Waals surface area contributed by atoms with Gasteiger partial charge in [-0.1, -0.05) is 18.7 Å². The number of rotatable bonds is 3. The Morgan fingerprint density at radius 2 is 1.79 bits per heavy atom. The van der Waals surface area contributed by atoms with Crippen molar-refractivity contribution in [2.75, 3.05) is 43.4 Å². The number of carbonyl (C=O) groups is 1. The predicted molar refractivity (Wildman–Crippen MR) is 143 cm³/mol. The summed E-state index contributed by atoms with van der Waals surface area (Å²) >= 11 is 1.27. The van der Waals surface area contributed by atoms with Crippen LogP contribution in [0.25, 0.3) is 22.0 Å². The fourth-order valence-corrected chi connectivity index (χ4v) is 5.98. The van der Waals surface area contributed by atoms with Gasteiger partial charge in [-0.25, -0.2) is 9.18 Å². The second-order valence-electron chi connectivity index (χ2n) is 8.93. The Morgan fingerprint density at radius 1 is 1.15 bits per heavy atom. The molecular weight excluding hydrogens is 536 g/mol. The van der Waals surface area contributed by atoms with Crippen LogP contribution >= 0.6 is 11.8 Å². The zero-order valence-electron chi connectivity index (χ0n) is 21.3. The topological polar surface area (TPSA) is 78.7 Å². The highest BCUT2D eigenvalue weighted by Crippen LogP contribution is 2.48. The molecule has 0 spiro atoms. The summed E-state index contributed by atoms with van der Waals surface area (Å²) in [6.07, 6.45) is -2.90. The maximum Gasteiger partial charge on any atom is 0.417 e. The average molecular weight is 565 g/mol. The second-order valence-corrected chi connectivity index (χ2v) is 10.0. The van der Waals surface area contributed by atoms with Crippen molar-refractivity contribution in [3.05, 3.63) is 64.9 Å². The number of aromatic nitrogens is 2. The Kier molecular flexibility index (Phi) is 8.65. The Bertz CT molecular complexity index is 1430. The molecule has 1 fully saturated rings. The monoisotopic (exact) mass is 564 g/mol. The van der Waals surface area contributed by atoms with Crippen molar-refractivity contribution in [3.8, 4) is 11.1 Å². The summed E-state index contributed by atoms with van der Waals surface area (Å²) in [5.74, 6) is -0.0830. The lowest BCUT2D eigenvalue weighted by Gasteiger charge is -2.35. The fourth-order valence-electron chi connectivity index (χ4n) is 4.77. The zero-order chi connectivity index (χ0) is 28.3. The predicted octanol–water partition coefficient (Wildman–Crippen LogP) is 4.55. The van der Waals surface area contributed by atoms with Crippen LogP contribution in [0.3, 0.4) is 0 Å². The SMILES string of the molecule is C=CC(=O)N1CCN(c2nc(=O)n3c4c(c(-c5ccc(F)cc5)c(C(F)(F)F)cc24)SCCC3)CC1.CCO. The molecule has 2 aliphatic rings. The number of thioether (sulfide) groups is 1. The quantitative estimate of drug-likeness (QED) is 0.372. The Hall–Kier alpha value is -3.38. The number of hydrogen-bond donors (Lipinski definition) is 1. The van der Waals surface area contributed by atoms with E-state index in [1.165, 1.54) is 34.5 Å². The first-order chi connectivity index (χ1) is 18.6. The number of aliphatic hydroxyl groups excluding tert-OH is 1. The number of piperazine rings is 1. The number of halogens is 4. The molecule has 1 N–H and O–H groups in total. The molecule has 12 heteroatoms. The minimum Gasteiger partial charge on any atom is -0.397 e. The minimum absolute atomic E-state index is 0.0615. The summed E-state index contributed by atoms with van der Waals surface area (Å²) in [7, 11) is 0. The van der Waals surface area contributed by atoms with E-state index in [9.17, 15) is 27.2 Å². The molecule has 0 radical (unpaired) electrons. The molecule has 0 saturated carbocycles. The smallest absolute Gasteiger partial charge is 0.397 e. The van der Waals surface area contributed by atoms with Gasteiger partial charge in [0.15, 0.2) is 0 Å². The van der Waals surface area contributed by atoms with Gasteiger partial charge in [0.1, 0.15) is 11.6 Å². The lowest BCUT2D eigenvalue weighted by Crippen LogP contribution is -2.49. The van der Waals surface area contributed by atoms with Crippen LogP contribution in [-0.4, -0.2) is 64.0 Å². The maximum atomic E-state index is 14.5. The zero-order valence-corrected chi connectivity index (χ0v) is 22.1. The standard InChI is InChI=1S/C25H22F4N4O2S.C2H6O/c1-2-19(34)31-9-11-32(12-10-31)23-17-14-18(25(27,28)29)20(15-4-6-16(26)7-5-15)22-21(17)33(24(35)30-23)8-3-13-36-22;1-2-3/h2,4-7,14H,1,3,8-13H2;3H,2H2,1H3. The molecule has 3 aromatic rings. The van der Waals surface area contributed by atoms with Crippen LogP contribution < -0.4 is 10.6 Å². The van der Waals surface area contributed by atoms with Gasteiger partial charge in [0.2, 0.25) is 5.91 Å². The first-order valence-electron chi connectivity index (χ1n) is 12.4. The van der Waals surface area contributed by atoms with Crippen molar-refractivity contribution in [2.24, 2.45) is 0 Å². The lowest BCUT2D eigenvalue weighted by atomic mass is 9.96. The second kappa shape index (κ2) is 11.8. The first kappa shape index (κ1) is 28.6. The molecule has 2 aliphatic heterocycles. The number of benzene rings is 2. The van der Waals surface area contributed by atoms with E-state index in [2.05, 4.69) is 11.6 Å². The number of amides is 1. The van der Waals surface area contributed by atoms with E-state index in [1.807, 2.05) is 0 Å². The highest BCUT2D eigenvalue weighted by Gasteiger charge is 2.38. The van der Waals surface area contributed by atoms with Crippen LogP contribution in [0.1, 0.15) is 18.9 Å². The molecule has 0 unspecified atom stereocenters. The molecule has 1 amide bonds. The molecular formula is C27H28F4N4O3S. The lowest BCUT2D eigenvalue weighted by molar-refractivity contribution is -0.137. The van der Waals surface area contributed by atoms with E-state index in [-0.39, 0.29) is 34.8 Å². The number of aryl methyl sites for hydroxylation is 1. The average Bonchev–Trinajstić information content (AvgIpc) is 3.14. The summed E-state index contributed by atoms with van der Waals surface area (Å²) in [5, 5.41) is 7.81. The van der Waals surface area contributed by atoms with Gasteiger partial charge >= 0.3 is 11.9 Å². The van der Waals surface area contributed by atoms with Crippen molar-refractivity contribution in [1.82, 2.24) is 14.5 Å². The maximum absolute atomic E-state index is 14.5. The highest BCUT2D eigenvalue weighted by molar-refractivity contribution is 7.99. The molecule has 3 heterocycles. The summed E-state index contributed by atoms with van der Waals surface area (Å²) in [6, 6.07) is 5.97. The van der Waals surface area contributed by atoms with Gasteiger partial charge in [0.05, 0.1) is 11.1 Å². The molecule has 0 bridgehead atoms. The van der Waals surface area contributed by atoms with Gasteiger partial charge in [-0.2, -0.15) is 18.2 Å². The molecule has 1 aromatic heterocycles. The van der Waals surface area contributed by atoms with Crippen molar-refractivity contribution in [3.63, 3.8) is 0 Å². The van der Waals surface area contributed by atoms with E-state index >= 15 is 0 Å². The Labute approximate surface area is 226 Å².